The molecule has 0 radical (unpaired) electrons. The Morgan fingerprint density at radius 3 is 2.56 bits per heavy atom. The van der Waals surface area contributed by atoms with Crippen molar-refractivity contribution in [2.75, 3.05) is 11.9 Å². The van der Waals surface area contributed by atoms with Crippen LogP contribution in [0.4, 0.5) is 10.1 Å². The monoisotopic (exact) mass is 244 g/mol. The third-order valence-electron chi connectivity index (χ3n) is 2.54. The maximum absolute atomic E-state index is 13.1. The van der Waals surface area contributed by atoms with E-state index in [1.807, 2.05) is 0 Å². The van der Waals surface area contributed by atoms with Crippen molar-refractivity contribution in [2.24, 2.45) is 11.1 Å². The number of anilines is 1. The summed E-state index contributed by atoms with van der Waals surface area (Å²) in [6, 6.07) is 4.31. The summed E-state index contributed by atoms with van der Waals surface area (Å²) in [5.74, 6) is -0.309. The fraction of sp³-hybridized carbons (Fsp3) is 0.500. The van der Waals surface area contributed by atoms with Gasteiger partial charge in [0.05, 0.1) is 10.7 Å². The first kappa shape index (κ1) is 13.3. The summed E-state index contributed by atoms with van der Waals surface area (Å²) in [5.41, 5.74) is 6.28. The summed E-state index contributed by atoms with van der Waals surface area (Å²) >= 11 is 5.98. The summed E-state index contributed by atoms with van der Waals surface area (Å²) in [4.78, 5) is 0. The van der Waals surface area contributed by atoms with Crippen LogP contribution >= 0.6 is 11.6 Å². The second-order valence-corrected chi connectivity index (χ2v) is 5.33. The molecule has 0 amide bonds. The highest BCUT2D eigenvalue weighted by atomic mass is 35.5. The molecule has 4 heteroatoms. The van der Waals surface area contributed by atoms with Gasteiger partial charge in [-0.2, -0.15) is 0 Å². The predicted octanol–water partition coefficient (Wildman–Crippen LogP) is 3.26. The molecule has 1 aromatic rings. The summed E-state index contributed by atoms with van der Waals surface area (Å²) in [5, 5.41) is 3.68. The second-order valence-electron chi connectivity index (χ2n) is 4.92. The second kappa shape index (κ2) is 5.02. The van der Waals surface area contributed by atoms with Crippen LogP contribution in [0.5, 0.6) is 0 Å². The van der Waals surface area contributed by atoms with E-state index in [1.165, 1.54) is 18.2 Å². The van der Waals surface area contributed by atoms with Crippen LogP contribution in [0.15, 0.2) is 18.2 Å². The van der Waals surface area contributed by atoms with Crippen molar-refractivity contribution in [2.45, 2.75) is 26.8 Å². The van der Waals surface area contributed by atoms with E-state index in [-0.39, 0.29) is 17.3 Å². The molecule has 0 fully saturated rings. The zero-order chi connectivity index (χ0) is 12.3. The third kappa shape index (κ3) is 3.35. The molecule has 1 unspecified atom stereocenters. The SMILES string of the molecule is CC(C)(C)C(CN)Nc1cc(F)ccc1Cl. The Hall–Kier alpha value is -0.800. The smallest absolute Gasteiger partial charge is 0.125 e. The van der Waals surface area contributed by atoms with Gasteiger partial charge in [-0.15, -0.1) is 0 Å². The first-order chi connectivity index (χ1) is 7.34. The molecule has 3 N–H and O–H groups in total. The molecule has 0 aromatic heterocycles. The lowest BCUT2D eigenvalue weighted by Crippen LogP contribution is -2.40. The Balaban J connectivity index is 2.90. The van der Waals surface area contributed by atoms with E-state index in [2.05, 4.69) is 26.1 Å². The standard InChI is InChI=1S/C12H18ClFN2/c1-12(2,3)11(7-15)16-10-6-8(14)4-5-9(10)13/h4-6,11,16H,7,15H2,1-3H3. The molecule has 2 nitrogen and oxygen atoms in total. The molecule has 1 aromatic carbocycles. The lowest BCUT2D eigenvalue weighted by Gasteiger charge is -2.31. The zero-order valence-electron chi connectivity index (χ0n) is 9.85. The van der Waals surface area contributed by atoms with Crippen LogP contribution < -0.4 is 11.1 Å². The van der Waals surface area contributed by atoms with Gasteiger partial charge in [-0.3, -0.25) is 0 Å². The molecular formula is C12H18ClFN2. The van der Waals surface area contributed by atoms with Crippen molar-refractivity contribution in [3.8, 4) is 0 Å². The van der Waals surface area contributed by atoms with Crippen molar-refractivity contribution < 1.29 is 4.39 Å². The van der Waals surface area contributed by atoms with E-state index >= 15 is 0 Å². The fourth-order valence-corrected chi connectivity index (χ4v) is 1.60. The minimum Gasteiger partial charge on any atom is -0.379 e. The maximum atomic E-state index is 13.1. The molecule has 0 spiro atoms. The quantitative estimate of drug-likeness (QED) is 0.857. The largest absolute Gasteiger partial charge is 0.379 e. The Kier molecular flexibility index (Phi) is 4.16. The number of hydrogen-bond donors (Lipinski definition) is 2. The van der Waals surface area contributed by atoms with Gasteiger partial charge < -0.3 is 11.1 Å². The van der Waals surface area contributed by atoms with Crippen LogP contribution in [-0.4, -0.2) is 12.6 Å². The molecule has 0 aliphatic heterocycles. The van der Waals surface area contributed by atoms with Gasteiger partial charge in [-0.05, 0) is 23.6 Å². The molecule has 0 aliphatic carbocycles. The lowest BCUT2D eigenvalue weighted by molar-refractivity contribution is 0.346. The van der Waals surface area contributed by atoms with Crippen LogP contribution in [0, 0.1) is 11.2 Å². The summed E-state index contributed by atoms with van der Waals surface area (Å²) in [7, 11) is 0. The van der Waals surface area contributed by atoms with Crippen LogP contribution in [0.25, 0.3) is 0 Å². The minimum atomic E-state index is -0.309. The van der Waals surface area contributed by atoms with Gasteiger partial charge in [-0.1, -0.05) is 32.4 Å². The topological polar surface area (TPSA) is 38.0 Å². The number of nitrogens with two attached hydrogens (primary N) is 1. The summed E-state index contributed by atoms with van der Waals surface area (Å²) < 4.78 is 13.1. The van der Waals surface area contributed by atoms with Crippen LogP contribution in [0.3, 0.4) is 0 Å². The maximum Gasteiger partial charge on any atom is 0.125 e. The van der Waals surface area contributed by atoms with Crippen LogP contribution in [0.2, 0.25) is 5.02 Å². The van der Waals surface area contributed by atoms with E-state index in [0.717, 1.165) is 0 Å². The molecule has 0 bridgehead atoms. The van der Waals surface area contributed by atoms with E-state index in [1.54, 1.807) is 0 Å². The van der Waals surface area contributed by atoms with Crippen molar-refractivity contribution in [3.05, 3.63) is 29.0 Å². The lowest BCUT2D eigenvalue weighted by atomic mass is 9.86. The molecule has 0 saturated heterocycles. The third-order valence-corrected chi connectivity index (χ3v) is 2.87. The molecule has 0 saturated carbocycles. The van der Waals surface area contributed by atoms with Gasteiger partial charge in [0.15, 0.2) is 0 Å². The molecule has 1 rings (SSSR count). The van der Waals surface area contributed by atoms with E-state index in [0.29, 0.717) is 17.3 Å². The fourth-order valence-electron chi connectivity index (χ4n) is 1.42. The van der Waals surface area contributed by atoms with Gasteiger partial charge >= 0.3 is 0 Å². The average Bonchev–Trinajstić information content (AvgIpc) is 2.17. The van der Waals surface area contributed by atoms with Crippen molar-refractivity contribution >= 4 is 17.3 Å². The van der Waals surface area contributed by atoms with E-state index in [4.69, 9.17) is 17.3 Å². The minimum absolute atomic E-state index is 0.00953. The van der Waals surface area contributed by atoms with Gasteiger partial charge in [0.25, 0.3) is 0 Å². The molecule has 1 atom stereocenters. The normalized spacial score (nSPS) is 13.6. The van der Waals surface area contributed by atoms with Crippen molar-refractivity contribution in [3.63, 3.8) is 0 Å². The van der Waals surface area contributed by atoms with Crippen LogP contribution in [0.1, 0.15) is 20.8 Å². The number of benzene rings is 1. The van der Waals surface area contributed by atoms with E-state index in [9.17, 15) is 4.39 Å². The number of rotatable bonds is 3. The highest BCUT2D eigenvalue weighted by Crippen LogP contribution is 2.27. The first-order valence-corrected chi connectivity index (χ1v) is 5.64. The highest BCUT2D eigenvalue weighted by molar-refractivity contribution is 6.33. The van der Waals surface area contributed by atoms with Gasteiger partial charge in [0.2, 0.25) is 0 Å². The molecule has 0 aliphatic rings. The number of halogens is 2. The average molecular weight is 245 g/mol. The van der Waals surface area contributed by atoms with Crippen LogP contribution in [-0.2, 0) is 0 Å². The number of hydrogen-bond acceptors (Lipinski definition) is 2. The molecule has 90 valence electrons. The van der Waals surface area contributed by atoms with E-state index < -0.39 is 0 Å². The Morgan fingerprint density at radius 1 is 1.44 bits per heavy atom. The van der Waals surface area contributed by atoms with Crippen molar-refractivity contribution in [1.82, 2.24) is 0 Å². The predicted molar refractivity (Wildman–Crippen MR) is 67.3 cm³/mol. The summed E-state index contributed by atoms with van der Waals surface area (Å²) in [6.45, 7) is 6.69. The molecule has 0 heterocycles. The Labute approximate surface area is 101 Å². The summed E-state index contributed by atoms with van der Waals surface area (Å²) in [6.07, 6.45) is 0. The Bertz CT molecular complexity index is 361. The Morgan fingerprint density at radius 2 is 2.06 bits per heavy atom. The van der Waals surface area contributed by atoms with Gasteiger partial charge in [0.1, 0.15) is 5.82 Å². The van der Waals surface area contributed by atoms with Gasteiger partial charge in [0, 0.05) is 12.6 Å². The van der Waals surface area contributed by atoms with Crippen molar-refractivity contribution in [1.29, 1.82) is 0 Å². The van der Waals surface area contributed by atoms with Gasteiger partial charge in [-0.25, -0.2) is 4.39 Å². The molecular weight excluding hydrogens is 227 g/mol. The zero-order valence-corrected chi connectivity index (χ0v) is 10.6. The first-order valence-electron chi connectivity index (χ1n) is 5.26. The number of nitrogens with one attached hydrogen (secondary N) is 1. The molecule has 16 heavy (non-hydrogen) atoms. The highest BCUT2D eigenvalue weighted by Gasteiger charge is 2.23.